The van der Waals surface area contributed by atoms with Gasteiger partial charge in [0.25, 0.3) is 0 Å². The van der Waals surface area contributed by atoms with E-state index >= 15 is 0 Å². The second kappa shape index (κ2) is 10.6. The molecule has 1 aromatic heterocycles. The van der Waals surface area contributed by atoms with Gasteiger partial charge >= 0.3 is 0 Å². The molecule has 4 aromatic rings. The van der Waals surface area contributed by atoms with Crippen LogP contribution in [0, 0.1) is 13.8 Å². The second-order valence-corrected chi connectivity index (χ2v) is 10.2. The molecule has 0 saturated heterocycles. The second-order valence-electron chi connectivity index (χ2n) is 9.19. The average molecular weight is 511 g/mol. The first-order valence-corrected chi connectivity index (χ1v) is 13.5. The molecule has 37 heavy (non-hydrogen) atoms. The fourth-order valence-corrected chi connectivity index (χ4v) is 5.83. The van der Waals surface area contributed by atoms with Gasteiger partial charge in [-0.3, -0.25) is 14.5 Å². The quantitative estimate of drug-likeness (QED) is 0.369. The minimum atomic E-state index is -0.840. The van der Waals surface area contributed by atoms with Crippen LogP contribution in [-0.2, 0) is 22.6 Å². The maximum absolute atomic E-state index is 14.0. The van der Waals surface area contributed by atoms with Gasteiger partial charge in [0.2, 0.25) is 11.8 Å². The van der Waals surface area contributed by atoms with Crippen LogP contribution in [-0.4, -0.2) is 27.3 Å². The summed E-state index contributed by atoms with van der Waals surface area (Å²) in [7, 11) is 0. The number of nitrogens with zero attached hydrogens (tertiary/aromatic N) is 3. The van der Waals surface area contributed by atoms with E-state index in [0.717, 1.165) is 50.8 Å². The molecule has 6 nitrogen and oxygen atoms in total. The Balaban J connectivity index is 1.63. The molecule has 3 aromatic carbocycles. The molecule has 1 aliphatic rings. The van der Waals surface area contributed by atoms with Crippen molar-refractivity contribution >= 4 is 29.3 Å². The van der Waals surface area contributed by atoms with Gasteiger partial charge in [-0.15, -0.1) is 0 Å². The normalized spacial score (nSPS) is 15.3. The zero-order valence-electron chi connectivity index (χ0n) is 21.3. The van der Waals surface area contributed by atoms with E-state index in [1.807, 2.05) is 97.4 Å². The number of amides is 2. The summed E-state index contributed by atoms with van der Waals surface area (Å²) in [6.45, 7) is 6.39. The van der Waals surface area contributed by atoms with Crippen molar-refractivity contribution in [1.29, 1.82) is 0 Å². The number of carbonyl (C=O) groups is 2. The highest BCUT2D eigenvalue weighted by molar-refractivity contribution is 8.00. The standard InChI is InChI=1S/C30H30N4O2S/c1-4-23-10-8-9-13-25(23)33-26(35)19-37-30-27(21(3)32-34(30)24-11-6-5-7-12-24)28(33)29(36)31-18-22-16-14-20(2)15-17-22/h5-17,28H,4,18-19H2,1-3H3,(H,31,36)/t28-/m1/s1. The smallest absolute Gasteiger partial charge is 0.248 e. The number of hydrogen-bond donors (Lipinski definition) is 1. The summed E-state index contributed by atoms with van der Waals surface area (Å²) >= 11 is 1.44. The number of anilines is 1. The summed E-state index contributed by atoms with van der Waals surface area (Å²) < 4.78 is 1.86. The summed E-state index contributed by atoms with van der Waals surface area (Å²) in [5.74, 6) is -0.110. The van der Waals surface area contributed by atoms with E-state index in [-0.39, 0.29) is 17.6 Å². The Morgan fingerprint density at radius 2 is 1.70 bits per heavy atom. The first-order chi connectivity index (χ1) is 18.0. The van der Waals surface area contributed by atoms with E-state index in [2.05, 4.69) is 12.2 Å². The SMILES string of the molecule is CCc1ccccc1N1C(=O)CSc2c(c(C)nn2-c2ccccc2)[C@@H]1C(=O)NCc1ccc(C)cc1. The fraction of sp³-hybridized carbons (Fsp3) is 0.233. The molecular formula is C30H30N4O2S. The van der Waals surface area contributed by atoms with Crippen LogP contribution in [0.2, 0.25) is 0 Å². The van der Waals surface area contributed by atoms with Gasteiger partial charge in [-0.25, -0.2) is 4.68 Å². The molecule has 1 atom stereocenters. The molecule has 2 heterocycles. The van der Waals surface area contributed by atoms with Gasteiger partial charge in [0, 0.05) is 17.8 Å². The molecule has 0 bridgehead atoms. The van der Waals surface area contributed by atoms with E-state index in [0.29, 0.717) is 6.54 Å². The van der Waals surface area contributed by atoms with Crippen molar-refractivity contribution in [3.05, 3.63) is 107 Å². The molecule has 0 radical (unpaired) electrons. The van der Waals surface area contributed by atoms with Crippen LogP contribution in [0.4, 0.5) is 5.69 Å². The van der Waals surface area contributed by atoms with Crippen molar-refractivity contribution in [1.82, 2.24) is 15.1 Å². The van der Waals surface area contributed by atoms with Crippen molar-refractivity contribution in [2.45, 2.75) is 44.8 Å². The molecule has 1 N–H and O–H groups in total. The largest absolute Gasteiger partial charge is 0.350 e. The maximum atomic E-state index is 14.0. The van der Waals surface area contributed by atoms with E-state index in [4.69, 9.17) is 5.10 Å². The Morgan fingerprint density at radius 3 is 2.43 bits per heavy atom. The molecule has 0 spiro atoms. The molecule has 188 valence electrons. The topological polar surface area (TPSA) is 67.2 Å². The first kappa shape index (κ1) is 24.8. The van der Waals surface area contributed by atoms with Crippen molar-refractivity contribution in [3.63, 3.8) is 0 Å². The molecular weight excluding hydrogens is 480 g/mol. The summed E-state index contributed by atoms with van der Waals surface area (Å²) in [4.78, 5) is 29.4. The lowest BCUT2D eigenvalue weighted by Crippen LogP contribution is -2.44. The lowest BCUT2D eigenvalue weighted by atomic mass is 10.0. The molecule has 0 aliphatic carbocycles. The van der Waals surface area contributed by atoms with Crippen LogP contribution >= 0.6 is 11.8 Å². The molecule has 0 unspecified atom stereocenters. The third-order valence-electron chi connectivity index (χ3n) is 6.66. The number of rotatable bonds is 6. The number of fused-ring (bicyclic) bond motifs is 1. The summed E-state index contributed by atoms with van der Waals surface area (Å²) in [5.41, 5.74) is 6.36. The minimum Gasteiger partial charge on any atom is -0.350 e. The first-order valence-electron chi connectivity index (χ1n) is 12.5. The van der Waals surface area contributed by atoms with Crippen LogP contribution in [0.3, 0.4) is 0 Å². The molecule has 0 fully saturated rings. The van der Waals surface area contributed by atoms with Crippen LogP contribution in [0.15, 0.2) is 83.9 Å². The van der Waals surface area contributed by atoms with Crippen molar-refractivity contribution in [2.75, 3.05) is 10.7 Å². The number of thioether (sulfide) groups is 1. The van der Waals surface area contributed by atoms with Gasteiger partial charge in [0.1, 0.15) is 11.1 Å². The van der Waals surface area contributed by atoms with Gasteiger partial charge < -0.3 is 5.32 Å². The van der Waals surface area contributed by atoms with Gasteiger partial charge in [-0.05, 0) is 49.6 Å². The Morgan fingerprint density at radius 1 is 1.00 bits per heavy atom. The van der Waals surface area contributed by atoms with E-state index in [1.165, 1.54) is 11.8 Å². The Bertz CT molecular complexity index is 1430. The molecule has 1 aliphatic heterocycles. The number of hydrogen-bond acceptors (Lipinski definition) is 4. The monoisotopic (exact) mass is 510 g/mol. The Labute approximate surface area is 221 Å². The van der Waals surface area contributed by atoms with E-state index in [9.17, 15) is 9.59 Å². The zero-order valence-corrected chi connectivity index (χ0v) is 22.1. The third kappa shape index (κ3) is 4.91. The molecule has 5 rings (SSSR count). The summed E-state index contributed by atoms with van der Waals surface area (Å²) in [6, 6.07) is 24.9. The summed E-state index contributed by atoms with van der Waals surface area (Å²) in [6.07, 6.45) is 0.750. The van der Waals surface area contributed by atoms with Gasteiger partial charge in [-0.1, -0.05) is 84.9 Å². The number of carbonyl (C=O) groups excluding carboxylic acids is 2. The third-order valence-corrected chi connectivity index (χ3v) is 7.72. The number of benzene rings is 3. The predicted molar refractivity (Wildman–Crippen MR) is 148 cm³/mol. The number of nitrogens with one attached hydrogen (secondary N) is 1. The fourth-order valence-electron chi connectivity index (χ4n) is 4.75. The van der Waals surface area contributed by atoms with Crippen molar-refractivity contribution < 1.29 is 9.59 Å². The maximum Gasteiger partial charge on any atom is 0.248 e. The van der Waals surface area contributed by atoms with Crippen LogP contribution in [0.5, 0.6) is 0 Å². The minimum absolute atomic E-state index is 0.100. The van der Waals surface area contributed by atoms with Crippen molar-refractivity contribution in [3.8, 4) is 5.69 Å². The number of para-hydroxylation sites is 2. The highest BCUT2D eigenvalue weighted by Crippen LogP contribution is 2.41. The van der Waals surface area contributed by atoms with E-state index < -0.39 is 6.04 Å². The van der Waals surface area contributed by atoms with Crippen molar-refractivity contribution in [2.24, 2.45) is 0 Å². The van der Waals surface area contributed by atoms with Gasteiger partial charge in [0.15, 0.2) is 0 Å². The average Bonchev–Trinajstić information content (AvgIpc) is 3.16. The van der Waals surface area contributed by atoms with Gasteiger partial charge in [0.05, 0.1) is 17.1 Å². The Kier molecular flexibility index (Phi) is 7.15. The van der Waals surface area contributed by atoms with Crippen LogP contribution < -0.4 is 10.2 Å². The predicted octanol–water partition coefficient (Wildman–Crippen LogP) is 5.55. The molecule has 2 amide bonds. The van der Waals surface area contributed by atoms with Crippen LogP contribution in [0.1, 0.15) is 40.9 Å². The number of aryl methyl sites for hydroxylation is 3. The highest BCUT2D eigenvalue weighted by atomic mass is 32.2. The Hall–Kier alpha value is -3.84. The summed E-state index contributed by atoms with van der Waals surface area (Å²) in [5, 5.41) is 8.77. The van der Waals surface area contributed by atoms with Crippen LogP contribution in [0.25, 0.3) is 5.69 Å². The number of aromatic nitrogens is 2. The highest BCUT2D eigenvalue weighted by Gasteiger charge is 2.41. The molecule has 0 saturated carbocycles. The lowest BCUT2D eigenvalue weighted by molar-refractivity contribution is -0.126. The van der Waals surface area contributed by atoms with E-state index in [1.54, 1.807) is 4.90 Å². The molecule has 7 heteroatoms. The lowest BCUT2D eigenvalue weighted by Gasteiger charge is -2.31. The van der Waals surface area contributed by atoms with Gasteiger partial charge in [-0.2, -0.15) is 5.10 Å². The zero-order chi connectivity index (χ0) is 25.9.